The maximum absolute atomic E-state index is 11.5. The number of amides is 2. The fourth-order valence-corrected chi connectivity index (χ4v) is 2.04. The van der Waals surface area contributed by atoms with Crippen molar-refractivity contribution in [3.63, 3.8) is 0 Å². The van der Waals surface area contributed by atoms with Crippen LogP contribution in [0.4, 0.5) is 4.79 Å². The molecule has 1 rings (SSSR count). The number of nitrogens with one attached hydrogen (secondary N) is 2. The molecule has 7 nitrogen and oxygen atoms in total. The molecule has 0 bridgehead atoms. The van der Waals surface area contributed by atoms with E-state index < -0.39 is 12.1 Å². The van der Waals surface area contributed by atoms with Crippen LogP contribution in [0.2, 0.25) is 0 Å². The van der Waals surface area contributed by atoms with Crippen molar-refractivity contribution in [1.82, 2.24) is 15.5 Å². The van der Waals surface area contributed by atoms with Crippen LogP contribution < -0.4 is 10.6 Å². The van der Waals surface area contributed by atoms with Gasteiger partial charge in [-0.25, -0.2) is 4.79 Å². The lowest BCUT2D eigenvalue weighted by Gasteiger charge is -2.16. The average Bonchev–Trinajstić information content (AvgIpc) is 2.87. The zero-order chi connectivity index (χ0) is 14.1. The number of hydrogen-bond acceptors (Lipinski definition) is 4. The monoisotopic (exact) mass is 273 g/mol. The third-order valence-electron chi connectivity index (χ3n) is 3.14. The number of hydrogen-bond donors (Lipinski definition) is 3. The van der Waals surface area contributed by atoms with Gasteiger partial charge in [-0.05, 0) is 25.9 Å². The standard InChI is InChI=1S/C12H23N3O4/c1-19-10(8-11(16)17)9-14-12(18)13-4-7-15-5-2-3-6-15/h10H,2-9H2,1H3,(H,16,17)(H2,13,14,18). The lowest BCUT2D eigenvalue weighted by molar-refractivity contribution is -0.139. The highest BCUT2D eigenvalue weighted by atomic mass is 16.5. The summed E-state index contributed by atoms with van der Waals surface area (Å²) in [7, 11) is 1.43. The Labute approximate surface area is 113 Å². The largest absolute Gasteiger partial charge is 0.481 e. The van der Waals surface area contributed by atoms with Crippen LogP contribution in [0.15, 0.2) is 0 Å². The van der Waals surface area contributed by atoms with Gasteiger partial charge in [0.15, 0.2) is 0 Å². The van der Waals surface area contributed by atoms with Gasteiger partial charge in [-0.1, -0.05) is 0 Å². The van der Waals surface area contributed by atoms with Gasteiger partial charge >= 0.3 is 12.0 Å². The third kappa shape index (κ3) is 6.97. The summed E-state index contributed by atoms with van der Waals surface area (Å²) in [6.07, 6.45) is 1.85. The Morgan fingerprint density at radius 2 is 2.00 bits per heavy atom. The molecule has 1 unspecified atom stereocenters. The molecule has 0 radical (unpaired) electrons. The summed E-state index contributed by atoms with van der Waals surface area (Å²) in [6.45, 7) is 3.86. The SMILES string of the molecule is COC(CNC(=O)NCCN1CCCC1)CC(=O)O. The van der Waals surface area contributed by atoms with E-state index in [1.807, 2.05) is 0 Å². The Morgan fingerprint density at radius 1 is 1.32 bits per heavy atom. The predicted octanol–water partition coefficient (Wildman–Crippen LogP) is -0.129. The first-order valence-electron chi connectivity index (χ1n) is 6.60. The average molecular weight is 273 g/mol. The molecule has 1 saturated heterocycles. The summed E-state index contributed by atoms with van der Waals surface area (Å²) in [5.74, 6) is -0.942. The molecule has 19 heavy (non-hydrogen) atoms. The lowest BCUT2D eigenvalue weighted by Crippen LogP contribution is -2.43. The van der Waals surface area contributed by atoms with Crippen molar-refractivity contribution in [3.8, 4) is 0 Å². The Balaban J connectivity index is 2.07. The van der Waals surface area contributed by atoms with Crippen molar-refractivity contribution < 1.29 is 19.4 Å². The first-order valence-corrected chi connectivity index (χ1v) is 6.60. The Bertz CT molecular complexity index is 293. The van der Waals surface area contributed by atoms with E-state index in [0.717, 1.165) is 19.6 Å². The first kappa shape index (κ1) is 15.7. The van der Waals surface area contributed by atoms with E-state index in [9.17, 15) is 9.59 Å². The molecule has 1 fully saturated rings. The summed E-state index contributed by atoms with van der Waals surface area (Å²) in [6, 6.07) is -0.286. The highest BCUT2D eigenvalue weighted by Gasteiger charge is 2.14. The van der Waals surface area contributed by atoms with Crippen LogP contribution in [0.25, 0.3) is 0 Å². The van der Waals surface area contributed by atoms with Crippen LogP contribution in [0.3, 0.4) is 0 Å². The summed E-state index contributed by atoms with van der Waals surface area (Å²) < 4.78 is 4.97. The van der Waals surface area contributed by atoms with Gasteiger partial charge in [-0.15, -0.1) is 0 Å². The molecule has 7 heteroatoms. The number of carbonyl (C=O) groups excluding carboxylic acids is 1. The maximum Gasteiger partial charge on any atom is 0.314 e. The molecule has 0 saturated carbocycles. The first-order chi connectivity index (χ1) is 9.11. The number of carboxylic acid groups (broad SMARTS) is 1. The quantitative estimate of drug-likeness (QED) is 0.573. The molecule has 1 aliphatic rings. The molecule has 1 heterocycles. The van der Waals surface area contributed by atoms with Crippen LogP contribution in [0.1, 0.15) is 19.3 Å². The molecule has 0 aromatic carbocycles. The molecule has 1 atom stereocenters. The van der Waals surface area contributed by atoms with Gasteiger partial charge in [0.2, 0.25) is 0 Å². The van der Waals surface area contributed by atoms with Crippen LogP contribution in [0.5, 0.6) is 0 Å². The van der Waals surface area contributed by atoms with Crippen molar-refractivity contribution >= 4 is 12.0 Å². The van der Waals surface area contributed by atoms with Crippen LogP contribution in [0, 0.1) is 0 Å². The van der Waals surface area contributed by atoms with Crippen LogP contribution in [-0.2, 0) is 9.53 Å². The van der Waals surface area contributed by atoms with Crippen molar-refractivity contribution in [2.24, 2.45) is 0 Å². The van der Waals surface area contributed by atoms with Crippen LogP contribution >= 0.6 is 0 Å². The van der Waals surface area contributed by atoms with E-state index in [0.29, 0.717) is 6.54 Å². The molecular weight excluding hydrogens is 250 g/mol. The Hall–Kier alpha value is -1.34. The fourth-order valence-electron chi connectivity index (χ4n) is 2.04. The molecule has 0 aromatic heterocycles. The number of nitrogens with zero attached hydrogens (tertiary/aromatic N) is 1. The molecule has 3 N–H and O–H groups in total. The smallest absolute Gasteiger partial charge is 0.314 e. The van der Waals surface area contributed by atoms with E-state index in [4.69, 9.17) is 9.84 Å². The summed E-state index contributed by atoms with van der Waals surface area (Å²) in [4.78, 5) is 24.3. The molecule has 0 aliphatic carbocycles. The molecular formula is C12H23N3O4. The lowest BCUT2D eigenvalue weighted by atomic mass is 10.2. The van der Waals surface area contributed by atoms with Gasteiger partial charge in [0.25, 0.3) is 0 Å². The number of methoxy groups -OCH3 is 1. The van der Waals surface area contributed by atoms with Gasteiger partial charge < -0.3 is 25.4 Å². The summed E-state index contributed by atoms with van der Waals surface area (Å²) >= 11 is 0. The second-order valence-electron chi connectivity index (χ2n) is 4.64. The molecule has 1 aliphatic heterocycles. The van der Waals surface area contributed by atoms with Gasteiger partial charge in [-0.2, -0.15) is 0 Å². The number of rotatable bonds is 8. The van der Waals surface area contributed by atoms with Crippen molar-refractivity contribution in [2.75, 3.05) is 39.8 Å². The molecule has 0 spiro atoms. The molecule has 2 amide bonds. The van der Waals surface area contributed by atoms with Crippen molar-refractivity contribution in [2.45, 2.75) is 25.4 Å². The number of carboxylic acids is 1. The summed E-state index contributed by atoms with van der Waals surface area (Å²) in [5.41, 5.74) is 0. The van der Waals surface area contributed by atoms with Gasteiger partial charge in [0.1, 0.15) is 0 Å². The molecule has 110 valence electrons. The highest BCUT2D eigenvalue weighted by Crippen LogP contribution is 2.05. The highest BCUT2D eigenvalue weighted by molar-refractivity contribution is 5.74. The Kier molecular flexibility index (Phi) is 7.20. The zero-order valence-corrected chi connectivity index (χ0v) is 11.4. The minimum atomic E-state index is -0.942. The van der Waals surface area contributed by atoms with Crippen LogP contribution in [-0.4, -0.2) is 67.9 Å². The van der Waals surface area contributed by atoms with Gasteiger partial charge in [0, 0.05) is 26.7 Å². The van der Waals surface area contributed by atoms with Crippen molar-refractivity contribution in [1.29, 1.82) is 0 Å². The van der Waals surface area contributed by atoms with Gasteiger partial charge in [-0.3, -0.25) is 4.79 Å². The third-order valence-corrected chi connectivity index (χ3v) is 3.14. The number of ether oxygens (including phenoxy) is 1. The fraction of sp³-hybridized carbons (Fsp3) is 0.833. The van der Waals surface area contributed by atoms with E-state index in [1.54, 1.807) is 0 Å². The van der Waals surface area contributed by atoms with E-state index >= 15 is 0 Å². The topological polar surface area (TPSA) is 90.9 Å². The van der Waals surface area contributed by atoms with Crippen molar-refractivity contribution in [3.05, 3.63) is 0 Å². The number of aliphatic carboxylic acids is 1. The number of carbonyl (C=O) groups is 2. The van der Waals surface area contributed by atoms with Gasteiger partial charge in [0.05, 0.1) is 12.5 Å². The molecule has 0 aromatic rings. The van der Waals surface area contributed by atoms with E-state index in [-0.39, 0.29) is 19.0 Å². The number of likely N-dealkylation sites (tertiary alicyclic amines) is 1. The van der Waals surface area contributed by atoms with E-state index in [2.05, 4.69) is 15.5 Å². The number of urea groups is 1. The second-order valence-corrected chi connectivity index (χ2v) is 4.64. The normalized spacial score (nSPS) is 17.1. The predicted molar refractivity (Wildman–Crippen MR) is 70.1 cm³/mol. The van der Waals surface area contributed by atoms with E-state index in [1.165, 1.54) is 20.0 Å². The minimum Gasteiger partial charge on any atom is -0.481 e. The second kappa shape index (κ2) is 8.71. The Morgan fingerprint density at radius 3 is 2.58 bits per heavy atom. The summed E-state index contributed by atoms with van der Waals surface area (Å²) in [5, 5.41) is 14.0. The maximum atomic E-state index is 11.5. The minimum absolute atomic E-state index is 0.120. The zero-order valence-electron chi connectivity index (χ0n) is 11.4.